The minimum absolute atomic E-state index is 0.0555. The monoisotopic (exact) mass is 356 g/mol. The number of nitrogens with zero attached hydrogens (tertiary/aromatic N) is 3. The largest absolute Gasteiger partial charge is 0.365 e. The van der Waals surface area contributed by atoms with Crippen LogP contribution in [0, 0.1) is 0 Å². The van der Waals surface area contributed by atoms with Crippen LogP contribution in [0.3, 0.4) is 0 Å². The second kappa shape index (κ2) is 7.74. The predicted molar refractivity (Wildman–Crippen MR) is 100 cm³/mol. The first-order valence-corrected chi connectivity index (χ1v) is 8.50. The van der Waals surface area contributed by atoms with E-state index in [4.69, 9.17) is 0 Å². The lowest BCUT2D eigenvalue weighted by Crippen LogP contribution is -2.34. The maximum atomic E-state index is 13.2. The lowest BCUT2D eigenvalue weighted by Gasteiger charge is -2.31. The first-order chi connectivity index (χ1) is 12.5. The summed E-state index contributed by atoms with van der Waals surface area (Å²) in [4.78, 5) is 10.2. The number of para-hydroxylation sites is 1. The molecule has 2 atom stereocenters. The Bertz CT molecular complexity index is 868. The van der Waals surface area contributed by atoms with Gasteiger partial charge in [-0.05, 0) is 38.7 Å². The van der Waals surface area contributed by atoms with Gasteiger partial charge in [-0.1, -0.05) is 42.5 Å². The Morgan fingerprint density at radius 2 is 1.58 bits per heavy atom. The van der Waals surface area contributed by atoms with Crippen molar-refractivity contribution in [2.75, 3.05) is 19.4 Å². The van der Waals surface area contributed by atoms with Crippen molar-refractivity contribution in [1.82, 2.24) is 14.9 Å². The molecule has 0 spiro atoms. The number of alkyl halides is 2. The molecule has 0 aliphatic heterocycles. The topological polar surface area (TPSA) is 41.1 Å². The summed E-state index contributed by atoms with van der Waals surface area (Å²) in [5.41, 5.74) is 1.65. The Morgan fingerprint density at radius 3 is 2.23 bits per heavy atom. The number of hydrogen-bond acceptors (Lipinski definition) is 4. The lowest BCUT2D eigenvalue weighted by molar-refractivity contribution is 0.141. The molecular weight excluding hydrogens is 334 g/mol. The quantitative estimate of drug-likeness (QED) is 0.697. The van der Waals surface area contributed by atoms with E-state index in [1.165, 1.54) is 0 Å². The number of likely N-dealkylation sites (N-methyl/N-ethyl adjacent to an activating group) is 1. The number of nitrogens with one attached hydrogen (secondary N) is 1. The maximum absolute atomic E-state index is 13.2. The SMILES string of the molecule is C[C@@H](Nc1nc(C(F)F)nc2ccccc12)[C@@H](c1ccccc1)N(C)C. The molecule has 0 fully saturated rings. The molecule has 0 saturated heterocycles. The summed E-state index contributed by atoms with van der Waals surface area (Å²) in [5.74, 6) is -0.0271. The van der Waals surface area contributed by atoms with Gasteiger partial charge < -0.3 is 10.2 Å². The highest BCUT2D eigenvalue weighted by Gasteiger charge is 2.23. The molecule has 0 bridgehead atoms. The smallest absolute Gasteiger partial charge is 0.297 e. The van der Waals surface area contributed by atoms with Crippen LogP contribution in [0.25, 0.3) is 10.9 Å². The van der Waals surface area contributed by atoms with Gasteiger partial charge in [-0.15, -0.1) is 0 Å². The Morgan fingerprint density at radius 1 is 0.923 bits per heavy atom. The minimum Gasteiger partial charge on any atom is -0.365 e. The third kappa shape index (κ3) is 3.80. The van der Waals surface area contributed by atoms with Crippen molar-refractivity contribution in [1.29, 1.82) is 0 Å². The molecule has 0 unspecified atom stereocenters. The molecule has 3 rings (SSSR count). The zero-order valence-electron chi connectivity index (χ0n) is 15.0. The molecule has 0 radical (unpaired) electrons. The van der Waals surface area contributed by atoms with Crippen LogP contribution in [0.1, 0.15) is 30.8 Å². The number of halogens is 2. The van der Waals surface area contributed by atoms with Crippen LogP contribution >= 0.6 is 0 Å². The summed E-state index contributed by atoms with van der Waals surface area (Å²) >= 11 is 0. The maximum Gasteiger partial charge on any atom is 0.297 e. The van der Waals surface area contributed by atoms with E-state index in [1.54, 1.807) is 12.1 Å². The van der Waals surface area contributed by atoms with Crippen molar-refractivity contribution >= 4 is 16.7 Å². The molecule has 2 aromatic carbocycles. The summed E-state index contributed by atoms with van der Waals surface area (Å²) in [6, 6.07) is 17.3. The van der Waals surface area contributed by atoms with E-state index < -0.39 is 12.2 Å². The van der Waals surface area contributed by atoms with Gasteiger partial charge in [-0.25, -0.2) is 18.7 Å². The van der Waals surface area contributed by atoms with E-state index in [1.807, 2.05) is 51.4 Å². The molecule has 6 heteroatoms. The molecule has 3 aromatic rings. The van der Waals surface area contributed by atoms with Crippen LogP contribution in [0.15, 0.2) is 54.6 Å². The number of hydrogen-bond donors (Lipinski definition) is 1. The average Bonchev–Trinajstić information content (AvgIpc) is 2.62. The van der Waals surface area contributed by atoms with E-state index in [9.17, 15) is 8.78 Å². The second-order valence-corrected chi connectivity index (χ2v) is 6.50. The molecule has 136 valence electrons. The molecule has 1 heterocycles. The highest BCUT2D eigenvalue weighted by Crippen LogP contribution is 2.28. The molecule has 0 saturated carbocycles. The highest BCUT2D eigenvalue weighted by molar-refractivity contribution is 5.89. The Balaban J connectivity index is 1.99. The van der Waals surface area contributed by atoms with Gasteiger partial charge in [0.05, 0.1) is 11.6 Å². The van der Waals surface area contributed by atoms with Crippen LogP contribution in [0.2, 0.25) is 0 Å². The van der Waals surface area contributed by atoms with Crippen molar-refractivity contribution in [3.05, 3.63) is 66.0 Å². The third-order valence-electron chi connectivity index (χ3n) is 4.35. The number of rotatable bonds is 6. The molecule has 4 nitrogen and oxygen atoms in total. The Labute approximate surface area is 151 Å². The zero-order valence-corrected chi connectivity index (χ0v) is 15.0. The molecular formula is C20H22F2N4. The molecule has 0 aliphatic carbocycles. The molecule has 0 amide bonds. The van der Waals surface area contributed by atoms with E-state index >= 15 is 0 Å². The normalized spacial score (nSPS) is 14.0. The fourth-order valence-corrected chi connectivity index (χ4v) is 3.28. The number of anilines is 1. The number of fused-ring (bicyclic) bond motifs is 1. The molecule has 1 N–H and O–H groups in total. The molecule has 26 heavy (non-hydrogen) atoms. The fraction of sp³-hybridized carbons (Fsp3) is 0.300. The van der Waals surface area contributed by atoms with Crippen molar-refractivity contribution < 1.29 is 8.78 Å². The van der Waals surface area contributed by atoms with Crippen molar-refractivity contribution in [3.8, 4) is 0 Å². The van der Waals surface area contributed by atoms with Crippen LogP contribution in [0.4, 0.5) is 14.6 Å². The lowest BCUT2D eigenvalue weighted by atomic mass is 9.99. The second-order valence-electron chi connectivity index (χ2n) is 6.50. The van der Waals surface area contributed by atoms with Gasteiger partial charge in [0.1, 0.15) is 5.82 Å². The first-order valence-electron chi connectivity index (χ1n) is 8.50. The van der Waals surface area contributed by atoms with Crippen LogP contribution in [0.5, 0.6) is 0 Å². The van der Waals surface area contributed by atoms with Gasteiger partial charge in [-0.2, -0.15) is 0 Å². The van der Waals surface area contributed by atoms with Gasteiger partial charge >= 0.3 is 0 Å². The Kier molecular flexibility index (Phi) is 5.42. The summed E-state index contributed by atoms with van der Waals surface area (Å²) in [6.07, 6.45) is -2.71. The van der Waals surface area contributed by atoms with Crippen LogP contribution < -0.4 is 5.32 Å². The summed E-state index contributed by atoms with van der Waals surface area (Å²) in [5, 5.41) is 4.06. The van der Waals surface area contributed by atoms with Gasteiger partial charge in [0.2, 0.25) is 0 Å². The standard InChI is InChI=1S/C20H22F2N4/c1-13(17(26(2)3)14-9-5-4-6-10-14)23-19-15-11-7-8-12-16(15)24-20(25-19)18(21)22/h4-13,17-18H,1-3H3,(H,23,24,25)/t13-,17+/m1/s1. The van der Waals surface area contributed by atoms with Crippen molar-refractivity contribution in [2.45, 2.75) is 25.4 Å². The van der Waals surface area contributed by atoms with Gasteiger partial charge in [-0.3, -0.25) is 0 Å². The number of benzene rings is 2. The van der Waals surface area contributed by atoms with Gasteiger partial charge in [0, 0.05) is 11.4 Å². The average molecular weight is 356 g/mol. The fourth-order valence-electron chi connectivity index (χ4n) is 3.28. The minimum atomic E-state index is -2.71. The number of aromatic nitrogens is 2. The van der Waals surface area contributed by atoms with E-state index in [-0.39, 0.29) is 12.1 Å². The van der Waals surface area contributed by atoms with E-state index in [2.05, 4.69) is 32.3 Å². The molecule has 0 aliphatic rings. The van der Waals surface area contributed by atoms with E-state index in [0.717, 1.165) is 10.9 Å². The predicted octanol–water partition coefficient (Wildman–Crippen LogP) is 4.67. The summed E-state index contributed by atoms with van der Waals surface area (Å²) in [7, 11) is 4.00. The van der Waals surface area contributed by atoms with Crippen molar-refractivity contribution in [3.63, 3.8) is 0 Å². The van der Waals surface area contributed by atoms with Crippen molar-refractivity contribution in [2.24, 2.45) is 0 Å². The van der Waals surface area contributed by atoms with Crippen LogP contribution in [-0.2, 0) is 0 Å². The van der Waals surface area contributed by atoms with E-state index in [0.29, 0.717) is 11.3 Å². The van der Waals surface area contributed by atoms with Gasteiger partial charge in [0.15, 0.2) is 5.82 Å². The van der Waals surface area contributed by atoms with Gasteiger partial charge in [0.25, 0.3) is 6.43 Å². The third-order valence-corrected chi connectivity index (χ3v) is 4.35. The highest BCUT2D eigenvalue weighted by atomic mass is 19.3. The molecule has 1 aromatic heterocycles. The Hall–Kier alpha value is -2.60. The summed E-state index contributed by atoms with van der Waals surface area (Å²) < 4.78 is 26.4. The summed E-state index contributed by atoms with van der Waals surface area (Å²) in [6.45, 7) is 2.02. The zero-order chi connectivity index (χ0) is 18.7. The van der Waals surface area contributed by atoms with Crippen LogP contribution in [-0.4, -0.2) is 35.0 Å². The first kappa shape index (κ1) is 18.2.